The fourth-order valence-electron chi connectivity index (χ4n) is 1.79. The van der Waals surface area contributed by atoms with Gasteiger partial charge in [0.15, 0.2) is 0 Å². The number of rotatable bonds is 5. The first-order chi connectivity index (χ1) is 10.6. The highest BCUT2D eigenvalue weighted by atomic mass is 19.1. The van der Waals surface area contributed by atoms with Gasteiger partial charge in [-0.25, -0.2) is 4.39 Å². The molecule has 3 N–H and O–H groups in total. The molecule has 2 aromatic rings. The molecule has 0 unspecified atom stereocenters. The molecule has 0 saturated heterocycles. The van der Waals surface area contributed by atoms with Gasteiger partial charge in [-0.05, 0) is 29.8 Å². The number of benzene rings is 2. The summed E-state index contributed by atoms with van der Waals surface area (Å²) < 4.78 is 13.0. The third kappa shape index (κ3) is 5.20. The molecule has 0 aliphatic rings. The van der Waals surface area contributed by atoms with Crippen molar-refractivity contribution in [2.45, 2.75) is 6.42 Å². The van der Waals surface area contributed by atoms with E-state index in [2.05, 4.69) is 10.3 Å². The Balaban J connectivity index is 1.89. The number of amides is 1. The van der Waals surface area contributed by atoms with Crippen LogP contribution in [-0.4, -0.2) is 11.7 Å². The van der Waals surface area contributed by atoms with Crippen LogP contribution in [-0.2, 0) is 11.2 Å². The summed E-state index contributed by atoms with van der Waals surface area (Å²) in [5, 5.41) is 2.85. The van der Waals surface area contributed by atoms with Gasteiger partial charge in [-0.2, -0.15) is 4.99 Å². The molecule has 2 aromatic carbocycles. The van der Waals surface area contributed by atoms with Crippen molar-refractivity contribution in [3.63, 3.8) is 0 Å². The van der Waals surface area contributed by atoms with Gasteiger partial charge in [-0.1, -0.05) is 36.4 Å². The van der Waals surface area contributed by atoms with E-state index in [9.17, 15) is 9.18 Å². The Morgan fingerprint density at radius 3 is 2.68 bits per heavy atom. The van der Waals surface area contributed by atoms with Gasteiger partial charge in [0.1, 0.15) is 11.7 Å². The SMILES string of the molecule is NC(/C=C\Nc1cccc(F)c1)=NC(=O)Cc1ccccc1. The number of anilines is 1. The third-order valence-electron chi connectivity index (χ3n) is 2.78. The molecule has 112 valence electrons. The van der Waals surface area contributed by atoms with Crippen molar-refractivity contribution >= 4 is 17.4 Å². The topological polar surface area (TPSA) is 67.5 Å². The summed E-state index contributed by atoms with van der Waals surface area (Å²) in [5.41, 5.74) is 7.11. The maximum absolute atomic E-state index is 13.0. The summed E-state index contributed by atoms with van der Waals surface area (Å²) in [6, 6.07) is 15.3. The van der Waals surface area contributed by atoms with Crippen LogP contribution in [0.1, 0.15) is 5.56 Å². The van der Waals surface area contributed by atoms with Crippen molar-refractivity contribution in [1.29, 1.82) is 0 Å². The van der Waals surface area contributed by atoms with Gasteiger partial charge < -0.3 is 11.1 Å². The van der Waals surface area contributed by atoms with Crippen LogP contribution < -0.4 is 11.1 Å². The van der Waals surface area contributed by atoms with Crippen LogP contribution in [0, 0.1) is 5.82 Å². The number of carbonyl (C=O) groups is 1. The summed E-state index contributed by atoms with van der Waals surface area (Å²) in [5.74, 6) is -0.568. The molecule has 0 atom stereocenters. The largest absolute Gasteiger partial charge is 0.384 e. The van der Waals surface area contributed by atoms with Gasteiger partial charge in [-0.15, -0.1) is 0 Å². The second-order valence-electron chi connectivity index (χ2n) is 4.58. The van der Waals surface area contributed by atoms with Crippen molar-refractivity contribution in [3.05, 3.63) is 78.3 Å². The molecule has 0 aliphatic carbocycles. The lowest BCUT2D eigenvalue weighted by Crippen LogP contribution is -2.12. The molecule has 0 spiro atoms. The Hall–Kier alpha value is -2.95. The molecule has 0 bridgehead atoms. The molecule has 0 radical (unpaired) electrons. The van der Waals surface area contributed by atoms with Crippen molar-refractivity contribution in [2.75, 3.05) is 5.32 Å². The molecular weight excluding hydrogens is 281 g/mol. The number of nitrogens with two attached hydrogens (primary N) is 1. The maximum Gasteiger partial charge on any atom is 0.252 e. The molecule has 0 heterocycles. The summed E-state index contributed by atoms with van der Waals surface area (Å²) in [4.78, 5) is 15.5. The third-order valence-corrected chi connectivity index (χ3v) is 2.78. The van der Waals surface area contributed by atoms with Gasteiger partial charge in [-0.3, -0.25) is 4.79 Å². The summed E-state index contributed by atoms with van der Waals surface area (Å²) in [6.45, 7) is 0. The van der Waals surface area contributed by atoms with Crippen LogP contribution in [0.15, 0.2) is 71.9 Å². The molecule has 5 heteroatoms. The quantitative estimate of drug-likeness (QED) is 0.658. The number of nitrogens with one attached hydrogen (secondary N) is 1. The predicted octanol–water partition coefficient (Wildman–Crippen LogP) is 2.88. The zero-order valence-electron chi connectivity index (χ0n) is 11.9. The minimum atomic E-state index is -0.335. The second kappa shape index (κ2) is 7.73. The monoisotopic (exact) mass is 297 g/mol. The van der Waals surface area contributed by atoms with E-state index >= 15 is 0 Å². The molecular formula is C17H16FN3O. The Kier molecular flexibility index (Phi) is 5.43. The molecule has 2 rings (SSSR count). The molecule has 0 saturated carbocycles. The van der Waals surface area contributed by atoms with Gasteiger partial charge in [0.2, 0.25) is 0 Å². The molecule has 1 amide bonds. The van der Waals surface area contributed by atoms with Crippen LogP contribution in [0.2, 0.25) is 0 Å². The minimum absolute atomic E-state index is 0.0878. The summed E-state index contributed by atoms with van der Waals surface area (Å²) >= 11 is 0. The minimum Gasteiger partial charge on any atom is -0.384 e. The van der Waals surface area contributed by atoms with Crippen molar-refractivity contribution in [2.24, 2.45) is 10.7 Å². The Labute approximate surface area is 128 Å². The first-order valence-corrected chi connectivity index (χ1v) is 6.73. The highest BCUT2D eigenvalue weighted by Crippen LogP contribution is 2.08. The number of nitrogens with zero attached hydrogens (tertiary/aromatic N) is 1. The number of hydrogen-bond acceptors (Lipinski definition) is 2. The smallest absolute Gasteiger partial charge is 0.252 e. The van der Waals surface area contributed by atoms with E-state index in [0.717, 1.165) is 5.56 Å². The number of carbonyl (C=O) groups excluding carboxylic acids is 1. The lowest BCUT2D eigenvalue weighted by Gasteiger charge is -2.00. The van der Waals surface area contributed by atoms with Crippen molar-refractivity contribution in [1.82, 2.24) is 0 Å². The molecule has 4 nitrogen and oxygen atoms in total. The lowest BCUT2D eigenvalue weighted by molar-refractivity contribution is -0.117. The Bertz CT molecular complexity index is 696. The summed E-state index contributed by atoms with van der Waals surface area (Å²) in [6.07, 6.45) is 3.16. The van der Waals surface area contributed by atoms with Crippen LogP contribution >= 0.6 is 0 Å². The van der Waals surface area contributed by atoms with E-state index in [-0.39, 0.29) is 24.0 Å². The number of amidine groups is 1. The summed E-state index contributed by atoms with van der Waals surface area (Å²) in [7, 11) is 0. The van der Waals surface area contributed by atoms with Crippen molar-refractivity contribution < 1.29 is 9.18 Å². The highest BCUT2D eigenvalue weighted by Gasteiger charge is 2.01. The number of aliphatic imine (C=N–C) groups is 1. The standard InChI is InChI=1S/C17H16FN3O/c18-14-7-4-8-15(12-14)20-10-9-16(19)21-17(22)11-13-5-2-1-3-6-13/h1-10,12,20H,11H2,(H2,19,21,22)/b10-9-. The van der Waals surface area contributed by atoms with E-state index in [4.69, 9.17) is 5.73 Å². The second-order valence-corrected chi connectivity index (χ2v) is 4.58. The first kappa shape index (κ1) is 15.4. The molecule has 0 aliphatic heterocycles. The van der Waals surface area contributed by atoms with E-state index in [1.807, 2.05) is 30.3 Å². The maximum atomic E-state index is 13.0. The average Bonchev–Trinajstić information content (AvgIpc) is 2.48. The van der Waals surface area contributed by atoms with Crippen LogP contribution in [0.25, 0.3) is 0 Å². The van der Waals surface area contributed by atoms with E-state index in [0.29, 0.717) is 5.69 Å². The number of hydrogen-bond donors (Lipinski definition) is 2. The normalized spacial score (nSPS) is 11.6. The fraction of sp³-hybridized carbons (Fsp3) is 0.0588. The zero-order valence-corrected chi connectivity index (χ0v) is 11.9. The van der Waals surface area contributed by atoms with Crippen LogP contribution in [0.4, 0.5) is 10.1 Å². The van der Waals surface area contributed by atoms with Crippen LogP contribution in [0.3, 0.4) is 0 Å². The predicted molar refractivity (Wildman–Crippen MR) is 85.9 cm³/mol. The van der Waals surface area contributed by atoms with Gasteiger partial charge in [0.25, 0.3) is 5.91 Å². The van der Waals surface area contributed by atoms with Gasteiger partial charge >= 0.3 is 0 Å². The first-order valence-electron chi connectivity index (χ1n) is 6.73. The average molecular weight is 297 g/mol. The van der Waals surface area contributed by atoms with Gasteiger partial charge in [0, 0.05) is 11.9 Å². The van der Waals surface area contributed by atoms with Gasteiger partial charge in [0.05, 0.1) is 6.42 Å². The molecule has 0 fully saturated rings. The zero-order chi connectivity index (χ0) is 15.8. The van der Waals surface area contributed by atoms with E-state index < -0.39 is 0 Å². The highest BCUT2D eigenvalue weighted by molar-refractivity contribution is 6.00. The lowest BCUT2D eigenvalue weighted by atomic mass is 10.1. The van der Waals surface area contributed by atoms with Crippen molar-refractivity contribution in [3.8, 4) is 0 Å². The number of halogens is 1. The Morgan fingerprint density at radius 1 is 1.18 bits per heavy atom. The Morgan fingerprint density at radius 2 is 1.95 bits per heavy atom. The molecule has 22 heavy (non-hydrogen) atoms. The van der Waals surface area contributed by atoms with E-state index in [1.165, 1.54) is 24.4 Å². The van der Waals surface area contributed by atoms with E-state index in [1.54, 1.807) is 12.1 Å². The van der Waals surface area contributed by atoms with Crippen LogP contribution in [0.5, 0.6) is 0 Å². The fourth-order valence-corrected chi connectivity index (χ4v) is 1.79. The molecule has 0 aromatic heterocycles.